The van der Waals surface area contributed by atoms with Crippen LogP contribution in [0, 0.1) is 0 Å². The molecule has 1 aromatic rings. The number of piperidine rings is 1. The predicted molar refractivity (Wildman–Crippen MR) is 87.3 cm³/mol. The van der Waals surface area contributed by atoms with E-state index in [0.29, 0.717) is 6.42 Å². The van der Waals surface area contributed by atoms with Gasteiger partial charge in [-0.2, -0.15) is 0 Å². The van der Waals surface area contributed by atoms with E-state index in [-0.39, 0.29) is 24.7 Å². The summed E-state index contributed by atoms with van der Waals surface area (Å²) in [6.07, 6.45) is 4.21. The summed E-state index contributed by atoms with van der Waals surface area (Å²) < 4.78 is 0. The number of carbonyl (C=O) groups is 3. The van der Waals surface area contributed by atoms with Crippen LogP contribution in [-0.4, -0.2) is 54.9 Å². The molecule has 3 N–H and O–H groups in total. The second-order valence-corrected chi connectivity index (χ2v) is 6.04. The number of hydrogen-bond acceptors (Lipinski definition) is 6. The molecule has 3 amide bonds. The number of anilines is 1. The molecular formula is C16H21N5O3. The van der Waals surface area contributed by atoms with Crippen molar-refractivity contribution in [2.75, 3.05) is 31.1 Å². The molecule has 0 spiro atoms. The quantitative estimate of drug-likeness (QED) is 0.609. The van der Waals surface area contributed by atoms with E-state index in [1.165, 1.54) is 0 Å². The van der Waals surface area contributed by atoms with Crippen LogP contribution in [0.5, 0.6) is 0 Å². The molecule has 1 atom stereocenters. The van der Waals surface area contributed by atoms with E-state index in [9.17, 15) is 14.4 Å². The van der Waals surface area contributed by atoms with Crippen molar-refractivity contribution in [3.63, 3.8) is 0 Å². The summed E-state index contributed by atoms with van der Waals surface area (Å²) in [6.45, 7) is 3.68. The number of pyridine rings is 1. The van der Waals surface area contributed by atoms with Crippen LogP contribution < -0.4 is 20.9 Å². The maximum Gasteiger partial charge on any atom is 0.249 e. The smallest absolute Gasteiger partial charge is 0.249 e. The topological polar surface area (TPSA) is 103 Å². The Kier molecular flexibility index (Phi) is 5.05. The predicted octanol–water partition coefficient (Wildman–Crippen LogP) is -1.04. The maximum atomic E-state index is 12.2. The standard InChI is InChI=1S/C16H21N5O3/c22-14-2-1-13(16(24)20-14)19-15(23)8-11-7-12(10-18-9-11)21-5-3-17-4-6-21/h7,9-10,13,17H,1-6,8H2,(H,19,23)(H,20,22,24). The number of imide groups is 1. The highest BCUT2D eigenvalue weighted by Gasteiger charge is 2.27. The third-order valence-electron chi connectivity index (χ3n) is 4.20. The van der Waals surface area contributed by atoms with Crippen LogP contribution in [-0.2, 0) is 20.8 Å². The molecule has 0 aliphatic carbocycles. The van der Waals surface area contributed by atoms with Gasteiger partial charge in [0, 0.05) is 38.8 Å². The minimum atomic E-state index is -0.639. The number of hydrogen-bond donors (Lipinski definition) is 3. The van der Waals surface area contributed by atoms with Crippen LogP contribution in [0.15, 0.2) is 18.5 Å². The Labute approximate surface area is 140 Å². The van der Waals surface area contributed by atoms with Gasteiger partial charge in [-0.1, -0.05) is 0 Å². The van der Waals surface area contributed by atoms with Gasteiger partial charge in [0.25, 0.3) is 0 Å². The SMILES string of the molecule is O=C1CCC(NC(=O)Cc2cncc(N3CCNCC3)c2)C(=O)N1. The first-order valence-electron chi connectivity index (χ1n) is 8.14. The Morgan fingerprint density at radius 3 is 2.83 bits per heavy atom. The van der Waals surface area contributed by atoms with Gasteiger partial charge in [0.05, 0.1) is 18.3 Å². The number of aromatic nitrogens is 1. The summed E-state index contributed by atoms with van der Waals surface area (Å²) in [5, 5.41) is 8.21. The van der Waals surface area contributed by atoms with Gasteiger partial charge in [-0.3, -0.25) is 24.7 Å². The van der Waals surface area contributed by atoms with Gasteiger partial charge in [0.1, 0.15) is 6.04 Å². The van der Waals surface area contributed by atoms with Crippen molar-refractivity contribution in [2.45, 2.75) is 25.3 Å². The van der Waals surface area contributed by atoms with E-state index in [1.54, 1.807) is 12.4 Å². The Bertz CT molecular complexity index is 642. The van der Waals surface area contributed by atoms with Gasteiger partial charge >= 0.3 is 0 Å². The normalized spacial score (nSPS) is 21.3. The summed E-state index contributed by atoms with van der Waals surface area (Å²) >= 11 is 0. The zero-order valence-corrected chi connectivity index (χ0v) is 13.4. The summed E-state index contributed by atoms with van der Waals surface area (Å²) in [5.74, 6) is -0.977. The summed E-state index contributed by atoms with van der Waals surface area (Å²) in [5.41, 5.74) is 1.80. The van der Waals surface area contributed by atoms with Crippen molar-refractivity contribution < 1.29 is 14.4 Å². The van der Waals surface area contributed by atoms with E-state index in [1.807, 2.05) is 6.07 Å². The van der Waals surface area contributed by atoms with Crippen LogP contribution in [0.3, 0.4) is 0 Å². The summed E-state index contributed by atoms with van der Waals surface area (Å²) in [4.78, 5) is 41.4. The zero-order valence-electron chi connectivity index (χ0n) is 13.4. The second kappa shape index (κ2) is 7.39. The Morgan fingerprint density at radius 2 is 2.08 bits per heavy atom. The van der Waals surface area contributed by atoms with Crippen molar-refractivity contribution >= 4 is 23.4 Å². The molecule has 0 bridgehead atoms. The van der Waals surface area contributed by atoms with Crippen molar-refractivity contribution in [3.8, 4) is 0 Å². The van der Waals surface area contributed by atoms with Gasteiger partial charge in [-0.25, -0.2) is 0 Å². The van der Waals surface area contributed by atoms with Gasteiger partial charge in [0.2, 0.25) is 17.7 Å². The lowest BCUT2D eigenvalue weighted by atomic mass is 10.1. The highest BCUT2D eigenvalue weighted by atomic mass is 16.2. The number of nitrogens with zero attached hydrogens (tertiary/aromatic N) is 2. The fourth-order valence-electron chi connectivity index (χ4n) is 2.93. The number of amides is 3. The molecule has 3 rings (SSSR count). The van der Waals surface area contributed by atoms with Gasteiger partial charge in [-0.05, 0) is 18.1 Å². The zero-order chi connectivity index (χ0) is 16.9. The van der Waals surface area contributed by atoms with Gasteiger partial charge in [-0.15, -0.1) is 0 Å². The molecule has 128 valence electrons. The van der Waals surface area contributed by atoms with Crippen LogP contribution in [0.1, 0.15) is 18.4 Å². The lowest BCUT2D eigenvalue weighted by Gasteiger charge is -2.29. The van der Waals surface area contributed by atoms with E-state index in [2.05, 4.69) is 25.8 Å². The fraction of sp³-hybridized carbons (Fsp3) is 0.500. The monoisotopic (exact) mass is 331 g/mol. The number of piperazine rings is 1. The number of carbonyl (C=O) groups excluding carboxylic acids is 3. The summed E-state index contributed by atoms with van der Waals surface area (Å²) in [6, 6.07) is 1.32. The molecule has 2 aliphatic heterocycles. The minimum Gasteiger partial charge on any atom is -0.368 e. The van der Waals surface area contributed by atoms with Gasteiger partial charge < -0.3 is 15.5 Å². The molecule has 1 unspecified atom stereocenters. The average Bonchev–Trinajstić information content (AvgIpc) is 2.58. The Balaban J connectivity index is 1.58. The largest absolute Gasteiger partial charge is 0.368 e. The molecule has 24 heavy (non-hydrogen) atoms. The first-order chi connectivity index (χ1) is 11.6. The molecule has 2 fully saturated rings. The molecule has 1 aromatic heterocycles. The highest BCUT2D eigenvalue weighted by molar-refractivity contribution is 6.01. The number of rotatable bonds is 4. The first kappa shape index (κ1) is 16.4. The lowest BCUT2D eigenvalue weighted by molar-refractivity contribution is -0.137. The maximum absolute atomic E-state index is 12.2. The van der Waals surface area contributed by atoms with E-state index in [4.69, 9.17) is 0 Å². The third kappa shape index (κ3) is 4.08. The van der Waals surface area contributed by atoms with Crippen molar-refractivity contribution in [1.82, 2.24) is 20.9 Å². The molecule has 2 aliphatic rings. The van der Waals surface area contributed by atoms with Crippen molar-refractivity contribution in [1.29, 1.82) is 0 Å². The first-order valence-corrected chi connectivity index (χ1v) is 8.14. The van der Waals surface area contributed by atoms with E-state index in [0.717, 1.165) is 37.4 Å². The van der Waals surface area contributed by atoms with Crippen molar-refractivity contribution in [3.05, 3.63) is 24.0 Å². The molecule has 2 saturated heterocycles. The van der Waals surface area contributed by atoms with E-state index < -0.39 is 11.9 Å². The molecule has 3 heterocycles. The highest BCUT2D eigenvalue weighted by Crippen LogP contribution is 2.15. The molecular weight excluding hydrogens is 310 g/mol. The minimum absolute atomic E-state index is 0.157. The van der Waals surface area contributed by atoms with Crippen LogP contribution >= 0.6 is 0 Å². The molecule has 0 aromatic carbocycles. The van der Waals surface area contributed by atoms with Crippen LogP contribution in [0.4, 0.5) is 5.69 Å². The summed E-state index contributed by atoms with van der Waals surface area (Å²) in [7, 11) is 0. The Hall–Kier alpha value is -2.48. The Morgan fingerprint density at radius 1 is 1.29 bits per heavy atom. The van der Waals surface area contributed by atoms with Crippen LogP contribution in [0.25, 0.3) is 0 Å². The number of nitrogens with one attached hydrogen (secondary N) is 3. The molecule has 8 nitrogen and oxygen atoms in total. The molecule has 0 radical (unpaired) electrons. The second-order valence-electron chi connectivity index (χ2n) is 6.04. The van der Waals surface area contributed by atoms with Gasteiger partial charge in [0.15, 0.2) is 0 Å². The van der Waals surface area contributed by atoms with Crippen molar-refractivity contribution in [2.24, 2.45) is 0 Å². The third-order valence-corrected chi connectivity index (χ3v) is 4.20. The average molecular weight is 331 g/mol. The fourth-order valence-corrected chi connectivity index (χ4v) is 2.93. The van der Waals surface area contributed by atoms with E-state index >= 15 is 0 Å². The molecule has 8 heteroatoms. The lowest BCUT2D eigenvalue weighted by Crippen LogP contribution is -2.52. The van der Waals surface area contributed by atoms with Crippen LogP contribution in [0.2, 0.25) is 0 Å². The molecule has 0 saturated carbocycles.